The standard InChI is InChI=1S/C9H19NO2/c1-8(9(11)12)6-4-2-3-5-7-10/h8H,2-7,10H2,1H3,(H,11,12). The summed E-state index contributed by atoms with van der Waals surface area (Å²) < 4.78 is 0. The maximum atomic E-state index is 10.4. The van der Waals surface area contributed by atoms with Gasteiger partial charge in [0.1, 0.15) is 0 Å². The normalized spacial score (nSPS) is 12.8. The lowest BCUT2D eigenvalue weighted by Crippen LogP contribution is -2.08. The first kappa shape index (κ1) is 11.4. The zero-order chi connectivity index (χ0) is 9.40. The predicted octanol–water partition coefficient (Wildman–Crippen LogP) is 1.62. The number of rotatable bonds is 7. The molecule has 0 aliphatic carbocycles. The maximum absolute atomic E-state index is 10.4. The van der Waals surface area contributed by atoms with Gasteiger partial charge in [-0.15, -0.1) is 0 Å². The Kier molecular flexibility index (Phi) is 6.76. The molecule has 3 nitrogen and oxygen atoms in total. The second kappa shape index (κ2) is 7.10. The Morgan fingerprint density at radius 3 is 2.42 bits per heavy atom. The Morgan fingerprint density at radius 1 is 1.33 bits per heavy atom. The number of aliphatic carboxylic acids is 1. The highest BCUT2D eigenvalue weighted by atomic mass is 16.4. The smallest absolute Gasteiger partial charge is 0.306 e. The second-order valence-electron chi connectivity index (χ2n) is 3.23. The van der Waals surface area contributed by atoms with Gasteiger partial charge in [0.15, 0.2) is 0 Å². The number of nitrogens with two attached hydrogens (primary N) is 1. The second-order valence-corrected chi connectivity index (χ2v) is 3.23. The van der Waals surface area contributed by atoms with Gasteiger partial charge in [-0.2, -0.15) is 0 Å². The number of hydrogen-bond acceptors (Lipinski definition) is 2. The number of carbonyl (C=O) groups is 1. The van der Waals surface area contributed by atoms with Gasteiger partial charge in [0.25, 0.3) is 0 Å². The SMILES string of the molecule is CC(CCCCCCN)C(=O)O. The Bertz CT molecular complexity index is 126. The summed E-state index contributed by atoms with van der Waals surface area (Å²) in [4.78, 5) is 10.4. The van der Waals surface area contributed by atoms with E-state index in [9.17, 15) is 4.79 Å². The molecule has 0 aliphatic heterocycles. The molecule has 0 aliphatic rings. The van der Waals surface area contributed by atoms with Crippen LogP contribution in [0.15, 0.2) is 0 Å². The molecule has 0 saturated carbocycles. The fourth-order valence-electron chi connectivity index (χ4n) is 1.07. The maximum Gasteiger partial charge on any atom is 0.306 e. The van der Waals surface area contributed by atoms with Crippen molar-refractivity contribution in [1.29, 1.82) is 0 Å². The van der Waals surface area contributed by atoms with Crippen molar-refractivity contribution in [3.05, 3.63) is 0 Å². The van der Waals surface area contributed by atoms with Crippen LogP contribution in [0, 0.1) is 5.92 Å². The van der Waals surface area contributed by atoms with Crippen molar-refractivity contribution in [3.8, 4) is 0 Å². The van der Waals surface area contributed by atoms with E-state index in [1.165, 1.54) is 0 Å². The average Bonchev–Trinajstić information content (AvgIpc) is 2.03. The minimum absolute atomic E-state index is 0.192. The molecular weight excluding hydrogens is 154 g/mol. The molecule has 0 radical (unpaired) electrons. The lowest BCUT2D eigenvalue weighted by atomic mass is 10.0. The van der Waals surface area contributed by atoms with Crippen LogP contribution in [0.3, 0.4) is 0 Å². The van der Waals surface area contributed by atoms with Crippen molar-refractivity contribution in [1.82, 2.24) is 0 Å². The van der Waals surface area contributed by atoms with Crippen molar-refractivity contribution in [2.24, 2.45) is 11.7 Å². The van der Waals surface area contributed by atoms with Crippen LogP contribution in [0.1, 0.15) is 39.0 Å². The molecule has 0 spiro atoms. The monoisotopic (exact) mass is 173 g/mol. The topological polar surface area (TPSA) is 63.3 Å². The molecule has 0 bridgehead atoms. The van der Waals surface area contributed by atoms with Crippen LogP contribution in [0.2, 0.25) is 0 Å². The lowest BCUT2D eigenvalue weighted by molar-refractivity contribution is -0.141. The summed E-state index contributed by atoms with van der Waals surface area (Å²) >= 11 is 0. The van der Waals surface area contributed by atoms with Gasteiger partial charge in [-0.05, 0) is 19.4 Å². The van der Waals surface area contributed by atoms with Crippen molar-refractivity contribution in [2.75, 3.05) is 6.54 Å². The van der Waals surface area contributed by atoms with Gasteiger partial charge in [-0.25, -0.2) is 0 Å². The van der Waals surface area contributed by atoms with Crippen LogP contribution in [-0.2, 0) is 4.79 Å². The molecule has 1 unspecified atom stereocenters. The molecule has 0 rings (SSSR count). The fourth-order valence-corrected chi connectivity index (χ4v) is 1.07. The minimum atomic E-state index is -0.686. The van der Waals surface area contributed by atoms with E-state index in [1.807, 2.05) is 0 Å². The van der Waals surface area contributed by atoms with Crippen LogP contribution in [0.25, 0.3) is 0 Å². The Morgan fingerprint density at radius 2 is 1.92 bits per heavy atom. The summed E-state index contributed by atoms with van der Waals surface area (Å²) in [5.41, 5.74) is 5.32. The zero-order valence-corrected chi connectivity index (χ0v) is 7.75. The summed E-state index contributed by atoms with van der Waals surface area (Å²) in [5.74, 6) is -0.878. The minimum Gasteiger partial charge on any atom is -0.481 e. The number of hydrogen-bond donors (Lipinski definition) is 2. The molecule has 1 atom stereocenters. The molecule has 0 amide bonds. The van der Waals surface area contributed by atoms with Crippen LogP contribution in [0.4, 0.5) is 0 Å². The Hall–Kier alpha value is -0.570. The van der Waals surface area contributed by atoms with E-state index in [-0.39, 0.29) is 5.92 Å². The van der Waals surface area contributed by atoms with Gasteiger partial charge in [0.05, 0.1) is 5.92 Å². The molecule has 72 valence electrons. The van der Waals surface area contributed by atoms with Gasteiger partial charge in [-0.1, -0.05) is 26.2 Å². The van der Waals surface area contributed by atoms with Crippen molar-refractivity contribution >= 4 is 5.97 Å². The van der Waals surface area contributed by atoms with Gasteiger partial charge < -0.3 is 10.8 Å². The summed E-state index contributed by atoms with van der Waals surface area (Å²) in [6.45, 7) is 2.50. The van der Waals surface area contributed by atoms with Gasteiger partial charge in [0, 0.05) is 0 Å². The first-order valence-electron chi connectivity index (χ1n) is 4.61. The highest BCUT2D eigenvalue weighted by Gasteiger charge is 2.08. The predicted molar refractivity (Wildman–Crippen MR) is 48.9 cm³/mol. The van der Waals surface area contributed by atoms with E-state index >= 15 is 0 Å². The van der Waals surface area contributed by atoms with Crippen molar-refractivity contribution in [2.45, 2.75) is 39.0 Å². The summed E-state index contributed by atoms with van der Waals surface area (Å²) in [7, 11) is 0. The third-order valence-corrected chi connectivity index (χ3v) is 2.01. The van der Waals surface area contributed by atoms with Crippen LogP contribution in [0.5, 0.6) is 0 Å². The van der Waals surface area contributed by atoms with E-state index in [1.54, 1.807) is 6.92 Å². The molecule has 3 heteroatoms. The quantitative estimate of drug-likeness (QED) is 0.575. The Labute approximate surface area is 74.0 Å². The van der Waals surface area contributed by atoms with Gasteiger partial charge >= 0.3 is 5.97 Å². The molecule has 0 fully saturated rings. The van der Waals surface area contributed by atoms with E-state index < -0.39 is 5.97 Å². The van der Waals surface area contributed by atoms with Crippen LogP contribution < -0.4 is 5.73 Å². The molecule has 0 saturated heterocycles. The molecule has 0 aromatic heterocycles. The fraction of sp³-hybridized carbons (Fsp3) is 0.889. The van der Waals surface area contributed by atoms with Crippen molar-refractivity contribution in [3.63, 3.8) is 0 Å². The number of carboxylic acids is 1. The first-order chi connectivity index (χ1) is 5.68. The van der Waals surface area contributed by atoms with Gasteiger partial charge in [0.2, 0.25) is 0 Å². The largest absolute Gasteiger partial charge is 0.481 e. The molecule has 0 aromatic carbocycles. The van der Waals surface area contributed by atoms with E-state index in [2.05, 4.69) is 0 Å². The van der Waals surface area contributed by atoms with Crippen LogP contribution in [-0.4, -0.2) is 17.6 Å². The summed E-state index contributed by atoms with van der Waals surface area (Å²) in [6.07, 6.45) is 5.09. The highest BCUT2D eigenvalue weighted by Crippen LogP contribution is 2.09. The van der Waals surface area contributed by atoms with Crippen molar-refractivity contribution < 1.29 is 9.90 Å². The summed E-state index contributed by atoms with van der Waals surface area (Å²) in [5, 5.41) is 8.56. The highest BCUT2D eigenvalue weighted by molar-refractivity contribution is 5.69. The van der Waals surface area contributed by atoms with Gasteiger partial charge in [-0.3, -0.25) is 4.79 Å². The number of unbranched alkanes of at least 4 members (excludes halogenated alkanes) is 3. The van der Waals surface area contributed by atoms with Crippen LogP contribution >= 0.6 is 0 Å². The molecule has 3 N–H and O–H groups in total. The molecule has 0 aromatic rings. The number of carboxylic acid groups (broad SMARTS) is 1. The molecule has 12 heavy (non-hydrogen) atoms. The third kappa shape index (κ3) is 6.16. The summed E-state index contributed by atoms with van der Waals surface area (Å²) in [6, 6.07) is 0. The van der Waals surface area contributed by atoms with E-state index in [0.29, 0.717) is 0 Å². The zero-order valence-electron chi connectivity index (χ0n) is 7.75. The first-order valence-corrected chi connectivity index (χ1v) is 4.61. The van der Waals surface area contributed by atoms with E-state index in [4.69, 9.17) is 10.8 Å². The average molecular weight is 173 g/mol. The lowest BCUT2D eigenvalue weighted by Gasteiger charge is -2.04. The Balaban J connectivity index is 3.14. The third-order valence-electron chi connectivity index (χ3n) is 2.01. The molecular formula is C9H19NO2. The molecule has 0 heterocycles. The van der Waals surface area contributed by atoms with E-state index in [0.717, 1.165) is 38.6 Å².